The van der Waals surface area contributed by atoms with Crippen LogP contribution in [-0.4, -0.2) is 23.3 Å². The van der Waals surface area contributed by atoms with Gasteiger partial charge in [0.15, 0.2) is 0 Å². The van der Waals surface area contributed by atoms with Crippen LogP contribution in [0, 0.1) is 17.8 Å². The third-order valence-electron chi connectivity index (χ3n) is 9.55. The van der Waals surface area contributed by atoms with Gasteiger partial charge in [-0.25, -0.2) is 0 Å². The first-order chi connectivity index (χ1) is 18.7. The van der Waals surface area contributed by atoms with Gasteiger partial charge < -0.3 is 0 Å². The lowest BCUT2D eigenvalue weighted by Crippen LogP contribution is -2.37. The Bertz CT molecular complexity index is 642. The molecule has 1 aliphatic heterocycles. The van der Waals surface area contributed by atoms with Crippen molar-refractivity contribution in [1.82, 2.24) is 4.90 Å². The van der Waals surface area contributed by atoms with Gasteiger partial charge in [-0.15, -0.1) is 0 Å². The van der Waals surface area contributed by atoms with Crippen molar-refractivity contribution in [2.45, 2.75) is 174 Å². The lowest BCUT2D eigenvalue weighted by Gasteiger charge is -2.38. The van der Waals surface area contributed by atoms with Gasteiger partial charge in [-0.3, -0.25) is 14.5 Å². The highest BCUT2D eigenvalue weighted by Crippen LogP contribution is 2.42. The number of rotatable bonds is 17. The van der Waals surface area contributed by atoms with Gasteiger partial charge in [0.25, 0.3) is 0 Å². The number of carbonyl (C=O) groups excluding carboxylic acids is 2. The van der Waals surface area contributed by atoms with E-state index in [0.29, 0.717) is 25.3 Å². The summed E-state index contributed by atoms with van der Waals surface area (Å²) in [5, 5.41) is 0. The number of unbranched alkanes of at least 4 members (excludes halogenated alkanes) is 11. The summed E-state index contributed by atoms with van der Waals surface area (Å²) in [6.45, 7) is 4.85. The van der Waals surface area contributed by atoms with Gasteiger partial charge in [0.1, 0.15) is 0 Å². The third-order valence-corrected chi connectivity index (χ3v) is 9.55. The van der Waals surface area contributed by atoms with Crippen molar-refractivity contribution in [3.63, 3.8) is 0 Å². The molecule has 3 heteroatoms. The molecule has 1 saturated heterocycles. The van der Waals surface area contributed by atoms with Gasteiger partial charge in [0.2, 0.25) is 11.8 Å². The number of nitrogens with zero attached hydrogens (tertiary/aromatic N) is 1. The summed E-state index contributed by atoms with van der Waals surface area (Å²) in [6, 6.07) is 0. The Labute approximate surface area is 237 Å². The van der Waals surface area contributed by atoms with E-state index >= 15 is 0 Å². The zero-order valence-corrected chi connectivity index (χ0v) is 25.5. The predicted octanol–water partition coefficient (Wildman–Crippen LogP) is 10.6. The number of allylic oxidation sites excluding steroid dienone is 1. The molecule has 3 unspecified atom stereocenters. The van der Waals surface area contributed by atoms with Crippen LogP contribution in [0.1, 0.15) is 174 Å². The van der Waals surface area contributed by atoms with E-state index < -0.39 is 0 Å². The molecule has 0 aromatic heterocycles. The molecule has 0 radical (unpaired) electrons. The van der Waals surface area contributed by atoms with Crippen molar-refractivity contribution >= 4 is 11.8 Å². The maximum absolute atomic E-state index is 13.1. The number of imide groups is 1. The van der Waals surface area contributed by atoms with Crippen LogP contribution >= 0.6 is 0 Å². The molecule has 2 amide bonds. The number of carbonyl (C=O) groups is 2. The molecule has 0 bridgehead atoms. The van der Waals surface area contributed by atoms with Crippen molar-refractivity contribution in [3.8, 4) is 0 Å². The van der Waals surface area contributed by atoms with E-state index in [1.807, 2.05) is 13.0 Å². The normalized spacial score (nSPS) is 24.2. The average molecular weight is 530 g/mol. The van der Waals surface area contributed by atoms with Crippen molar-refractivity contribution in [2.24, 2.45) is 17.8 Å². The zero-order chi connectivity index (χ0) is 27.3. The molecule has 0 aromatic carbocycles. The van der Waals surface area contributed by atoms with E-state index in [4.69, 9.17) is 0 Å². The van der Waals surface area contributed by atoms with E-state index in [0.717, 1.165) is 37.5 Å². The predicted molar refractivity (Wildman–Crippen MR) is 163 cm³/mol. The van der Waals surface area contributed by atoms with E-state index in [9.17, 15) is 9.59 Å². The van der Waals surface area contributed by atoms with Crippen LogP contribution in [0.5, 0.6) is 0 Å². The highest BCUT2D eigenvalue weighted by Gasteiger charge is 2.32. The fraction of sp³-hybridized carbons (Fsp3) is 0.886. The Morgan fingerprint density at radius 1 is 0.684 bits per heavy atom. The fourth-order valence-corrected chi connectivity index (χ4v) is 7.23. The van der Waals surface area contributed by atoms with Crippen LogP contribution in [0.4, 0.5) is 0 Å². The summed E-state index contributed by atoms with van der Waals surface area (Å²) in [7, 11) is 0. The summed E-state index contributed by atoms with van der Waals surface area (Å²) in [6.07, 6.45) is 35.5. The van der Waals surface area contributed by atoms with Crippen molar-refractivity contribution in [3.05, 3.63) is 12.2 Å². The Balaban J connectivity index is 1.75. The molecule has 0 N–H and O–H groups in total. The summed E-state index contributed by atoms with van der Waals surface area (Å²) in [5.41, 5.74) is 0. The minimum absolute atomic E-state index is 0.0560. The number of amides is 2. The van der Waals surface area contributed by atoms with Crippen LogP contribution in [0.3, 0.4) is 0 Å². The van der Waals surface area contributed by atoms with Gasteiger partial charge in [-0.2, -0.15) is 0 Å². The van der Waals surface area contributed by atoms with Crippen molar-refractivity contribution in [2.75, 3.05) is 6.54 Å². The first-order valence-corrected chi connectivity index (χ1v) is 17.1. The SMILES string of the molecule is CC=CCCN1C(=O)CCCCCC(C2CCCCC2CCCCCCCCCCCCCC)CCC1=O. The molecule has 38 heavy (non-hydrogen) atoms. The minimum atomic E-state index is 0.0560. The van der Waals surface area contributed by atoms with Crippen LogP contribution in [0.25, 0.3) is 0 Å². The van der Waals surface area contributed by atoms with Crippen molar-refractivity contribution < 1.29 is 9.59 Å². The summed E-state index contributed by atoms with van der Waals surface area (Å²) in [4.78, 5) is 27.5. The standard InChI is InChI=1S/C35H63NO2/c1-3-5-7-8-9-10-11-12-13-14-15-17-23-31-25-20-21-26-33(31)32-24-18-16-19-27-34(37)36(30-22-6-4-2)35(38)29-28-32/h4,6,31-33H,3,5,7-30H2,1-2H3. The molecule has 0 spiro atoms. The Morgan fingerprint density at radius 2 is 1.29 bits per heavy atom. The Hall–Kier alpha value is -1.12. The first-order valence-electron chi connectivity index (χ1n) is 17.1. The van der Waals surface area contributed by atoms with E-state index in [1.54, 1.807) is 4.90 Å². The van der Waals surface area contributed by atoms with Crippen LogP contribution in [0.2, 0.25) is 0 Å². The highest BCUT2D eigenvalue weighted by atomic mass is 16.2. The molecule has 1 saturated carbocycles. The minimum Gasteiger partial charge on any atom is -0.282 e. The monoisotopic (exact) mass is 529 g/mol. The Kier molecular flexibility index (Phi) is 18.9. The molecule has 3 atom stereocenters. The topological polar surface area (TPSA) is 37.4 Å². The van der Waals surface area contributed by atoms with Gasteiger partial charge in [0, 0.05) is 19.4 Å². The van der Waals surface area contributed by atoms with Gasteiger partial charge >= 0.3 is 0 Å². The molecule has 0 aromatic rings. The highest BCUT2D eigenvalue weighted by molar-refractivity contribution is 5.95. The lowest BCUT2D eigenvalue weighted by molar-refractivity contribution is -0.145. The second-order valence-electron chi connectivity index (χ2n) is 12.6. The molecule has 2 fully saturated rings. The lowest BCUT2D eigenvalue weighted by atomic mass is 9.68. The summed E-state index contributed by atoms with van der Waals surface area (Å²) >= 11 is 0. The molecule has 2 aliphatic rings. The van der Waals surface area contributed by atoms with E-state index in [2.05, 4.69) is 13.0 Å². The van der Waals surface area contributed by atoms with E-state index in [-0.39, 0.29) is 11.8 Å². The van der Waals surface area contributed by atoms with Crippen LogP contribution in [-0.2, 0) is 9.59 Å². The zero-order valence-electron chi connectivity index (χ0n) is 25.5. The van der Waals surface area contributed by atoms with Crippen molar-refractivity contribution in [1.29, 1.82) is 0 Å². The molecule has 1 heterocycles. The molecule has 220 valence electrons. The molecule has 1 aliphatic carbocycles. The maximum atomic E-state index is 13.1. The molecular formula is C35H63NO2. The maximum Gasteiger partial charge on any atom is 0.229 e. The van der Waals surface area contributed by atoms with Gasteiger partial charge in [-0.05, 0) is 50.4 Å². The van der Waals surface area contributed by atoms with Gasteiger partial charge in [0.05, 0.1) is 0 Å². The molecular weight excluding hydrogens is 466 g/mol. The number of hydrogen-bond acceptors (Lipinski definition) is 2. The third kappa shape index (κ3) is 13.8. The average Bonchev–Trinajstić information content (AvgIpc) is 2.95. The van der Waals surface area contributed by atoms with Crippen LogP contribution in [0.15, 0.2) is 12.2 Å². The summed E-state index contributed by atoms with van der Waals surface area (Å²) in [5.74, 6) is 2.48. The fourth-order valence-electron chi connectivity index (χ4n) is 7.23. The molecule has 2 rings (SSSR count). The Morgan fingerprint density at radius 3 is 1.97 bits per heavy atom. The van der Waals surface area contributed by atoms with Crippen LogP contribution < -0.4 is 0 Å². The number of hydrogen-bond donors (Lipinski definition) is 0. The second kappa shape index (κ2) is 21.7. The quantitative estimate of drug-likeness (QED) is 0.107. The van der Waals surface area contributed by atoms with E-state index in [1.165, 1.54) is 122 Å². The molecule has 3 nitrogen and oxygen atoms in total. The van der Waals surface area contributed by atoms with Gasteiger partial charge in [-0.1, -0.05) is 141 Å². The second-order valence-corrected chi connectivity index (χ2v) is 12.6. The summed E-state index contributed by atoms with van der Waals surface area (Å²) < 4.78 is 0. The smallest absolute Gasteiger partial charge is 0.229 e. The first kappa shape index (κ1) is 33.1. The largest absolute Gasteiger partial charge is 0.282 e.